The second kappa shape index (κ2) is 8.92. The number of imide groups is 1. The molecule has 3 amide bonds. The molecule has 1 rings (SSSR count). The van der Waals surface area contributed by atoms with Crippen LogP contribution in [0.4, 0.5) is 4.79 Å². The van der Waals surface area contributed by atoms with Crippen LogP contribution in [0.1, 0.15) is 18.9 Å². The van der Waals surface area contributed by atoms with Crippen molar-refractivity contribution in [1.82, 2.24) is 16.0 Å². The Bertz CT molecular complexity index is 432. The Kier molecular flexibility index (Phi) is 7.13. The minimum atomic E-state index is -0.496. The number of ether oxygens (including phenoxy) is 1. The Morgan fingerprint density at radius 2 is 1.90 bits per heavy atom. The molecule has 0 atom stereocenters. The highest BCUT2D eigenvalue weighted by Crippen LogP contribution is 2.11. The number of urea groups is 1. The molecule has 20 heavy (non-hydrogen) atoms. The highest BCUT2D eigenvalue weighted by atomic mass is 16.5. The van der Waals surface area contributed by atoms with E-state index in [1.54, 1.807) is 12.1 Å². The molecule has 1 aromatic carbocycles. The maximum atomic E-state index is 11.5. The van der Waals surface area contributed by atoms with Gasteiger partial charge in [0.2, 0.25) is 0 Å². The lowest BCUT2D eigenvalue weighted by molar-refractivity contribution is -0.122. The zero-order chi connectivity index (χ0) is 14.8. The highest BCUT2D eigenvalue weighted by molar-refractivity contribution is 5.94. The van der Waals surface area contributed by atoms with Crippen molar-refractivity contribution in [2.24, 2.45) is 0 Å². The van der Waals surface area contributed by atoms with Crippen molar-refractivity contribution in [3.05, 3.63) is 29.8 Å². The van der Waals surface area contributed by atoms with Crippen LogP contribution < -0.4 is 20.7 Å². The van der Waals surface area contributed by atoms with Gasteiger partial charge in [0.25, 0.3) is 5.91 Å². The second-order valence-electron chi connectivity index (χ2n) is 4.27. The number of rotatable bonds is 7. The molecule has 6 heteroatoms. The van der Waals surface area contributed by atoms with Gasteiger partial charge in [0.1, 0.15) is 5.75 Å². The summed E-state index contributed by atoms with van der Waals surface area (Å²) in [5.74, 6) is 0.117. The molecule has 0 bridgehead atoms. The molecule has 0 saturated heterocycles. The van der Waals surface area contributed by atoms with Gasteiger partial charge in [0.05, 0.1) is 0 Å². The van der Waals surface area contributed by atoms with Gasteiger partial charge in [-0.15, -0.1) is 0 Å². The first-order chi connectivity index (χ1) is 9.65. The summed E-state index contributed by atoms with van der Waals surface area (Å²) in [4.78, 5) is 22.7. The molecular formula is C14H21N3O3. The third-order valence-electron chi connectivity index (χ3n) is 2.46. The summed E-state index contributed by atoms with van der Waals surface area (Å²) in [5.41, 5.74) is 1.13. The van der Waals surface area contributed by atoms with E-state index in [9.17, 15) is 9.59 Å². The zero-order valence-electron chi connectivity index (χ0n) is 11.9. The lowest BCUT2D eigenvalue weighted by Crippen LogP contribution is -2.41. The first-order valence-electron chi connectivity index (χ1n) is 6.59. The number of benzene rings is 1. The zero-order valence-corrected chi connectivity index (χ0v) is 11.9. The highest BCUT2D eigenvalue weighted by Gasteiger charge is 2.07. The van der Waals surface area contributed by atoms with Crippen LogP contribution in [0.25, 0.3) is 0 Å². The van der Waals surface area contributed by atoms with E-state index >= 15 is 0 Å². The fourth-order valence-corrected chi connectivity index (χ4v) is 1.50. The van der Waals surface area contributed by atoms with E-state index in [2.05, 4.69) is 16.0 Å². The van der Waals surface area contributed by atoms with Crippen LogP contribution in [0, 0.1) is 0 Å². The van der Waals surface area contributed by atoms with Crippen LogP contribution in [0.3, 0.4) is 0 Å². The molecule has 3 N–H and O–H groups in total. The van der Waals surface area contributed by atoms with Gasteiger partial charge in [-0.05, 0) is 31.2 Å². The topological polar surface area (TPSA) is 79.5 Å². The molecule has 0 aliphatic carbocycles. The van der Waals surface area contributed by atoms with Crippen molar-refractivity contribution in [2.45, 2.75) is 19.9 Å². The molecule has 0 aliphatic rings. The van der Waals surface area contributed by atoms with Gasteiger partial charge in [-0.3, -0.25) is 10.1 Å². The Hall–Kier alpha value is -2.08. The van der Waals surface area contributed by atoms with E-state index in [1.165, 1.54) is 0 Å². The van der Waals surface area contributed by atoms with Crippen molar-refractivity contribution in [3.8, 4) is 5.75 Å². The summed E-state index contributed by atoms with van der Waals surface area (Å²) < 4.78 is 5.29. The second-order valence-corrected chi connectivity index (χ2v) is 4.27. The number of carbonyl (C=O) groups is 2. The standard InChI is InChI=1S/C14H21N3O3/c1-3-8-16-14(19)17-13(18)10-20-12-6-4-11(5-7-12)9-15-2/h4-7,15H,3,8-10H2,1-2H3,(H2,16,17,18,19). The van der Waals surface area contributed by atoms with Gasteiger partial charge >= 0.3 is 6.03 Å². The number of amides is 3. The summed E-state index contributed by atoms with van der Waals surface area (Å²) >= 11 is 0. The first kappa shape index (κ1) is 16.0. The average molecular weight is 279 g/mol. The maximum absolute atomic E-state index is 11.5. The maximum Gasteiger partial charge on any atom is 0.321 e. The third-order valence-corrected chi connectivity index (χ3v) is 2.46. The van der Waals surface area contributed by atoms with Crippen LogP contribution in [0.2, 0.25) is 0 Å². The summed E-state index contributed by atoms with van der Waals surface area (Å²) in [5, 5.41) is 7.78. The fourth-order valence-electron chi connectivity index (χ4n) is 1.50. The third kappa shape index (κ3) is 6.19. The lowest BCUT2D eigenvalue weighted by Gasteiger charge is -2.08. The molecule has 0 aliphatic heterocycles. The molecule has 0 spiro atoms. The summed E-state index contributed by atoms with van der Waals surface area (Å²) in [6.45, 7) is 3.05. The molecule has 0 saturated carbocycles. The molecule has 6 nitrogen and oxygen atoms in total. The fraction of sp³-hybridized carbons (Fsp3) is 0.429. The van der Waals surface area contributed by atoms with E-state index in [1.807, 2.05) is 26.1 Å². The molecule has 0 heterocycles. The molecule has 0 aromatic heterocycles. The van der Waals surface area contributed by atoms with Crippen molar-refractivity contribution in [1.29, 1.82) is 0 Å². The molecule has 110 valence electrons. The summed E-state index contributed by atoms with van der Waals surface area (Å²) in [6.07, 6.45) is 0.817. The Morgan fingerprint density at radius 3 is 2.50 bits per heavy atom. The van der Waals surface area contributed by atoms with E-state index < -0.39 is 11.9 Å². The Morgan fingerprint density at radius 1 is 1.20 bits per heavy atom. The van der Waals surface area contributed by atoms with Gasteiger partial charge in [-0.1, -0.05) is 19.1 Å². The summed E-state index contributed by atoms with van der Waals surface area (Å²) in [6, 6.07) is 6.91. The van der Waals surface area contributed by atoms with Crippen LogP contribution in [0.5, 0.6) is 5.75 Å². The van der Waals surface area contributed by atoms with E-state index in [0.29, 0.717) is 12.3 Å². The minimum absolute atomic E-state index is 0.190. The van der Waals surface area contributed by atoms with Gasteiger partial charge in [-0.25, -0.2) is 4.79 Å². The minimum Gasteiger partial charge on any atom is -0.484 e. The van der Waals surface area contributed by atoms with Crippen LogP contribution in [0.15, 0.2) is 24.3 Å². The Labute approximate surface area is 118 Å². The van der Waals surface area contributed by atoms with Crippen molar-refractivity contribution >= 4 is 11.9 Å². The van der Waals surface area contributed by atoms with Crippen LogP contribution in [-0.4, -0.2) is 32.1 Å². The molecular weight excluding hydrogens is 258 g/mol. The monoisotopic (exact) mass is 279 g/mol. The number of carbonyl (C=O) groups excluding carboxylic acids is 2. The largest absolute Gasteiger partial charge is 0.484 e. The average Bonchev–Trinajstić information content (AvgIpc) is 2.45. The lowest BCUT2D eigenvalue weighted by atomic mass is 10.2. The molecule has 1 aromatic rings. The number of nitrogens with one attached hydrogen (secondary N) is 3. The van der Waals surface area contributed by atoms with Crippen LogP contribution in [-0.2, 0) is 11.3 Å². The first-order valence-corrected chi connectivity index (χ1v) is 6.59. The Balaban J connectivity index is 2.31. The predicted octanol–water partition coefficient (Wildman–Crippen LogP) is 1.02. The quantitative estimate of drug-likeness (QED) is 0.696. The van der Waals surface area contributed by atoms with Crippen molar-refractivity contribution in [3.63, 3.8) is 0 Å². The number of hydrogen-bond acceptors (Lipinski definition) is 4. The van der Waals surface area contributed by atoms with E-state index in [-0.39, 0.29) is 6.61 Å². The molecule has 0 fully saturated rings. The SMILES string of the molecule is CCCNC(=O)NC(=O)COc1ccc(CNC)cc1. The van der Waals surface area contributed by atoms with Gasteiger partial charge in [0.15, 0.2) is 6.61 Å². The molecule has 0 unspecified atom stereocenters. The van der Waals surface area contributed by atoms with Gasteiger partial charge in [-0.2, -0.15) is 0 Å². The van der Waals surface area contributed by atoms with Crippen LogP contribution >= 0.6 is 0 Å². The summed E-state index contributed by atoms with van der Waals surface area (Å²) in [7, 11) is 1.87. The normalized spacial score (nSPS) is 9.90. The van der Waals surface area contributed by atoms with E-state index in [0.717, 1.165) is 18.5 Å². The predicted molar refractivity (Wildman–Crippen MR) is 76.5 cm³/mol. The van der Waals surface area contributed by atoms with Gasteiger partial charge < -0.3 is 15.4 Å². The molecule has 0 radical (unpaired) electrons. The smallest absolute Gasteiger partial charge is 0.321 e. The van der Waals surface area contributed by atoms with E-state index in [4.69, 9.17) is 4.74 Å². The van der Waals surface area contributed by atoms with Gasteiger partial charge in [0, 0.05) is 13.1 Å². The van der Waals surface area contributed by atoms with Crippen molar-refractivity contribution in [2.75, 3.05) is 20.2 Å². The number of hydrogen-bond donors (Lipinski definition) is 3. The van der Waals surface area contributed by atoms with Crippen molar-refractivity contribution < 1.29 is 14.3 Å².